The van der Waals surface area contributed by atoms with E-state index < -0.39 is 48.1 Å². The Balaban J connectivity index is 1.88. The van der Waals surface area contributed by atoms with Crippen molar-refractivity contribution in [2.45, 2.75) is 51.5 Å². The van der Waals surface area contributed by atoms with Gasteiger partial charge < -0.3 is 34.7 Å². The summed E-state index contributed by atoms with van der Waals surface area (Å²) in [4.78, 5) is 36.9. The number of nitrogens with zero attached hydrogens (tertiary/aromatic N) is 1. The molecule has 0 aliphatic heterocycles. The number of esters is 1. The van der Waals surface area contributed by atoms with Crippen molar-refractivity contribution in [1.82, 2.24) is 9.88 Å². The number of ether oxygens (including phenoxy) is 1. The first-order chi connectivity index (χ1) is 22.4. The number of rotatable bonds is 13. The second kappa shape index (κ2) is 15.4. The van der Waals surface area contributed by atoms with E-state index in [4.69, 9.17) is 4.74 Å². The number of hydrogen-bond acceptors (Lipinski definition) is 7. The molecule has 11 heteroatoms. The molecule has 1 heterocycles. The number of carbonyl (C=O) groups is 3. The summed E-state index contributed by atoms with van der Waals surface area (Å²) in [5.74, 6) is -3.40. The first kappa shape index (κ1) is 34.7. The molecule has 0 saturated carbocycles. The minimum atomic E-state index is -1.46. The molecule has 3 N–H and O–H groups in total. The average molecular weight is 646 g/mol. The van der Waals surface area contributed by atoms with Gasteiger partial charge in [-0.15, -0.1) is 0 Å². The largest absolute Gasteiger partial charge is 0.550 e. The van der Waals surface area contributed by atoms with E-state index in [9.17, 15) is 38.5 Å². The van der Waals surface area contributed by atoms with Crippen molar-refractivity contribution in [3.63, 3.8) is 0 Å². The zero-order valence-electron chi connectivity index (χ0n) is 26.1. The van der Waals surface area contributed by atoms with Crippen LogP contribution in [0, 0.1) is 11.6 Å². The first-order valence-electron chi connectivity index (χ1n) is 14.9. The van der Waals surface area contributed by atoms with Crippen LogP contribution in [0.15, 0.2) is 78.9 Å². The lowest BCUT2D eigenvalue weighted by Crippen LogP contribution is -2.29. The van der Waals surface area contributed by atoms with Crippen molar-refractivity contribution in [2.75, 3.05) is 7.11 Å². The number of amides is 1. The van der Waals surface area contributed by atoms with Crippen molar-refractivity contribution in [1.29, 1.82) is 0 Å². The molecule has 0 spiro atoms. The van der Waals surface area contributed by atoms with Crippen LogP contribution in [0.25, 0.3) is 28.3 Å². The highest BCUT2D eigenvalue weighted by atomic mass is 19.1. The molecule has 9 nitrogen and oxygen atoms in total. The Bertz CT molecular complexity index is 1750. The van der Waals surface area contributed by atoms with E-state index >= 15 is 0 Å². The molecule has 47 heavy (non-hydrogen) atoms. The van der Waals surface area contributed by atoms with Gasteiger partial charge in [0, 0.05) is 48.2 Å². The van der Waals surface area contributed by atoms with Crippen molar-refractivity contribution in [2.24, 2.45) is 0 Å². The summed E-state index contributed by atoms with van der Waals surface area (Å²) >= 11 is 0. The molecule has 4 rings (SSSR count). The lowest BCUT2D eigenvalue weighted by molar-refractivity contribution is -0.307. The standard InChI is InChI=1S/C36H36F2N2O7/c1-21(2)40-30(17-16-28(41)18-29(42)19-31(43)44)32(23-8-12-26(37)13-9-23)33(24-10-14-27(38)15-11-24)34(40)35(45)39-20-22-4-6-25(7-5-22)36(46)47-3/h4-17,21,28-29,41-42H,18-20H2,1-3H3,(H,39,45)(H,43,44)/p-1/b17-16+/t28-,29-/m1/s1. The molecule has 246 valence electrons. The van der Waals surface area contributed by atoms with Gasteiger partial charge in [0.2, 0.25) is 0 Å². The van der Waals surface area contributed by atoms with Gasteiger partial charge >= 0.3 is 5.97 Å². The first-order valence-corrected chi connectivity index (χ1v) is 14.9. The molecule has 0 aliphatic rings. The Morgan fingerprint density at radius 1 is 0.894 bits per heavy atom. The number of methoxy groups -OCH3 is 1. The Labute approximate surface area is 270 Å². The average Bonchev–Trinajstić information content (AvgIpc) is 3.38. The third-order valence-electron chi connectivity index (χ3n) is 7.46. The monoisotopic (exact) mass is 645 g/mol. The summed E-state index contributed by atoms with van der Waals surface area (Å²) < 4.78 is 34.6. The molecule has 2 atom stereocenters. The minimum Gasteiger partial charge on any atom is -0.550 e. The maximum absolute atomic E-state index is 14.2. The SMILES string of the molecule is COC(=O)c1ccc(CNC(=O)c2c(-c3ccc(F)cc3)c(-c3ccc(F)cc3)c(/C=C/[C@@H](O)C[C@@H](O)CC(=O)[O-])n2C(C)C)cc1. The molecule has 1 amide bonds. The van der Waals surface area contributed by atoms with Crippen LogP contribution in [0.3, 0.4) is 0 Å². The van der Waals surface area contributed by atoms with Gasteiger partial charge in [-0.3, -0.25) is 4.79 Å². The Hall–Kier alpha value is -5.13. The van der Waals surface area contributed by atoms with E-state index in [1.807, 2.05) is 13.8 Å². The summed E-state index contributed by atoms with van der Waals surface area (Å²) in [6.45, 7) is 3.80. The number of hydrogen-bond donors (Lipinski definition) is 3. The zero-order valence-corrected chi connectivity index (χ0v) is 26.1. The van der Waals surface area contributed by atoms with Crippen LogP contribution in [0.5, 0.6) is 0 Å². The molecule has 0 fully saturated rings. The van der Waals surface area contributed by atoms with Gasteiger partial charge in [0.05, 0.1) is 24.9 Å². The fourth-order valence-corrected chi connectivity index (χ4v) is 5.32. The molecule has 4 aromatic rings. The summed E-state index contributed by atoms with van der Waals surface area (Å²) in [5, 5.41) is 34.5. The van der Waals surface area contributed by atoms with Gasteiger partial charge in [-0.1, -0.05) is 42.5 Å². The molecule has 0 bridgehead atoms. The Kier molecular flexibility index (Phi) is 11.4. The van der Waals surface area contributed by atoms with Crippen LogP contribution >= 0.6 is 0 Å². The fraction of sp³-hybridized carbons (Fsp3) is 0.250. The van der Waals surface area contributed by atoms with E-state index in [0.717, 1.165) is 0 Å². The van der Waals surface area contributed by atoms with Crippen LogP contribution in [-0.2, 0) is 16.1 Å². The molecule has 0 aliphatic carbocycles. The topological polar surface area (TPSA) is 141 Å². The van der Waals surface area contributed by atoms with Crippen LogP contribution in [0.1, 0.15) is 64.8 Å². The second-order valence-corrected chi connectivity index (χ2v) is 11.2. The van der Waals surface area contributed by atoms with Crippen molar-refractivity contribution in [3.8, 4) is 22.3 Å². The summed E-state index contributed by atoms with van der Waals surface area (Å²) in [6.07, 6.45) is -0.626. The third-order valence-corrected chi connectivity index (χ3v) is 7.46. The molecule has 0 radical (unpaired) electrons. The van der Waals surface area contributed by atoms with E-state index in [1.165, 1.54) is 49.6 Å². The van der Waals surface area contributed by atoms with E-state index in [2.05, 4.69) is 5.32 Å². The van der Waals surface area contributed by atoms with Gasteiger partial charge in [0.1, 0.15) is 17.3 Å². The number of aromatic nitrogens is 1. The van der Waals surface area contributed by atoms with Gasteiger partial charge in [-0.05, 0) is 73.0 Å². The fourth-order valence-electron chi connectivity index (χ4n) is 5.32. The number of aliphatic hydroxyl groups excluding tert-OH is 2. The van der Waals surface area contributed by atoms with Crippen LogP contribution in [-0.4, -0.2) is 51.9 Å². The second-order valence-electron chi connectivity index (χ2n) is 11.2. The molecular weight excluding hydrogens is 610 g/mol. The number of aliphatic carboxylic acids is 1. The quantitative estimate of drug-likeness (QED) is 0.180. The minimum absolute atomic E-state index is 0.0957. The lowest BCUT2D eigenvalue weighted by Gasteiger charge is -2.17. The van der Waals surface area contributed by atoms with Crippen molar-refractivity contribution in [3.05, 3.63) is 113 Å². The highest BCUT2D eigenvalue weighted by Gasteiger charge is 2.29. The summed E-state index contributed by atoms with van der Waals surface area (Å²) in [7, 11) is 1.28. The molecular formula is C36H35F2N2O7-. The van der Waals surface area contributed by atoms with E-state index in [0.29, 0.717) is 39.1 Å². The van der Waals surface area contributed by atoms with Gasteiger partial charge in [0.25, 0.3) is 5.91 Å². The Morgan fingerprint density at radius 3 is 1.96 bits per heavy atom. The van der Waals surface area contributed by atoms with Crippen molar-refractivity contribution < 1.29 is 43.2 Å². The number of halogens is 2. The number of carboxylic acids is 1. The Morgan fingerprint density at radius 2 is 1.45 bits per heavy atom. The number of carbonyl (C=O) groups excluding carboxylic acids is 3. The van der Waals surface area contributed by atoms with Gasteiger partial charge in [0.15, 0.2) is 0 Å². The molecule has 0 unspecified atom stereocenters. The van der Waals surface area contributed by atoms with Crippen LogP contribution in [0.4, 0.5) is 8.78 Å². The normalized spacial score (nSPS) is 12.7. The molecule has 3 aromatic carbocycles. The summed E-state index contributed by atoms with van der Waals surface area (Å²) in [6, 6.07) is 17.4. The van der Waals surface area contributed by atoms with Gasteiger partial charge in [-0.25, -0.2) is 13.6 Å². The van der Waals surface area contributed by atoms with Gasteiger partial charge in [-0.2, -0.15) is 0 Å². The third kappa shape index (κ3) is 8.57. The summed E-state index contributed by atoms with van der Waals surface area (Å²) in [5.41, 5.74) is 3.67. The lowest BCUT2D eigenvalue weighted by atomic mass is 9.94. The zero-order chi connectivity index (χ0) is 34.2. The number of benzene rings is 3. The highest BCUT2D eigenvalue weighted by molar-refractivity contribution is 6.06. The predicted octanol–water partition coefficient (Wildman–Crippen LogP) is 4.66. The molecule has 0 saturated heterocycles. The number of aliphatic hydroxyl groups is 2. The van der Waals surface area contributed by atoms with Crippen LogP contribution in [0.2, 0.25) is 0 Å². The molecule has 1 aromatic heterocycles. The van der Waals surface area contributed by atoms with Crippen molar-refractivity contribution >= 4 is 23.9 Å². The van der Waals surface area contributed by atoms with E-state index in [1.54, 1.807) is 47.0 Å². The maximum Gasteiger partial charge on any atom is 0.337 e. The number of carboxylic acid groups (broad SMARTS) is 1. The smallest absolute Gasteiger partial charge is 0.337 e. The number of nitrogens with one attached hydrogen (secondary N) is 1. The van der Waals surface area contributed by atoms with Crippen LogP contribution < -0.4 is 10.4 Å². The van der Waals surface area contributed by atoms with E-state index in [-0.39, 0.29) is 24.7 Å². The predicted molar refractivity (Wildman–Crippen MR) is 170 cm³/mol. The highest BCUT2D eigenvalue weighted by Crippen LogP contribution is 2.42. The maximum atomic E-state index is 14.2.